The zero-order valence-corrected chi connectivity index (χ0v) is 12.5. The van der Waals surface area contributed by atoms with Gasteiger partial charge in [-0.25, -0.2) is 0 Å². The van der Waals surface area contributed by atoms with Crippen molar-refractivity contribution >= 4 is 0 Å². The van der Waals surface area contributed by atoms with Gasteiger partial charge < -0.3 is 15.2 Å². The van der Waals surface area contributed by atoms with Gasteiger partial charge >= 0.3 is 0 Å². The average Bonchev–Trinajstić information content (AvgIpc) is 2.77. The smallest absolute Gasteiger partial charge is 0.0833 e. The van der Waals surface area contributed by atoms with Crippen LogP contribution in [0.1, 0.15) is 74.9 Å². The van der Waals surface area contributed by atoms with Crippen molar-refractivity contribution in [1.29, 1.82) is 0 Å². The highest BCUT2D eigenvalue weighted by Crippen LogP contribution is 2.24. The number of aliphatic hydroxyl groups is 2. The molecular weight excluding hydrogens is 238 g/mol. The normalized spacial score (nSPS) is 11.2. The van der Waals surface area contributed by atoms with Crippen LogP contribution in [0.2, 0.25) is 0 Å². The highest BCUT2D eigenvalue weighted by Gasteiger charge is 2.15. The van der Waals surface area contributed by atoms with Crippen molar-refractivity contribution in [3.8, 4) is 0 Å². The Labute approximate surface area is 117 Å². The summed E-state index contributed by atoms with van der Waals surface area (Å²) in [5, 5.41) is 18.9. The number of aliphatic hydroxyl groups excluding tert-OH is 2. The van der Waals surface area contributed by atoms with E-state index in [-0.39, 0.29) is 13.2 Å². The number of unbranched alkanes of at least 4 members (excludes halogenated alkanes) is 4. The van der Waals surface area contributed by atoms with Gasteiger partial charge in [-0.3, -0.25) is 0 Å². The fourth-order valence-corrected chi connectivity index (χ4v) is 2.67. The fraction of sp³-hybridized carbons (Fsp3) is 0.750. The molecule has 0 saturated carbocycles. The van der Waals surface area contributed by atoms with Crippen molar-refractivity contribution in [2.75, 3.05) is 0 Å². The van der Waals surface area contributed by atoms with Gasteiger partial charge in [-0.1, -0.05) is 39.5 Å². The molecule has 3 nitrogen and oxygen atoms in total. The predicted octanol–water partition coefficient (Wildman–Crippen LogP) is 3.46. The molecule has 0 aliphatic heterocycles. The van der Waals surface area contributed by atoms with E-state index in [2.05, 4.69) is 18.8 Å². The van der Waals surface area contributed by atoms with Gasteiger partial charge in [0.15, 0.2) is 0 Å². The van der Waals surface area contributed by atoms with E-state index in [9.17, 15) is 10.2 Å². The van der Waals surface area contributed by atoms with Crippen LogP contribution in [0.25, 0.3) is 0 Å². The maximum Gasteiger partial charge on any atom is 0.0833 e. The Morgan fingerprint density at radius 3 is 1.47 bits per heavy atom. The lowest BCUT2D eigenvalue weighted by molar-refractivity contribution is 0.268. The first-order chi connectivity index (χ1) is 9.28. The molecule has 1 heterocycles. The zero-order valence-electron chi connectivity index (χ0n) is 12.5. The van der Waals surface area contributed by atoms with Crippen LogP contribution < -0.4 is 0 Å². The molecule has 0 fully saturated rings. The Morgan fingerprint density at radius 1 is 0.737 bits per heavy atom. The van der Waals surface area contributed by atoms with Gasteiger partial charge in [0.1, 0.15) is 0 Å². The topological polar surface area (TPSA) is 56.2 Å². The molecule has 1 aromatic rings. The van der Waals surface area contributed by atoms with Crippen molar-refractivity contribution in [2.24, 2.45) is 0 Å². The molecular formula is C16H29NO2. The van der Waals surface area contributed by atoms with E-state index in [1.807, 2.05) is 0 Å². The number of rotatable bonds is 10. The number of H-pyrrole nitrogens is 1. The maximum absolute atomic E-state index is 9.47. The van der Waals surface area contributed by atoms with Crippen LogP contribution in [0.4, 0.5) is 0 Å². The quantitative estimate of drug-likeness (QED) is 0.569. The molecule has 110 valence electrons. The highest BCUT2D eigenvalue weighted by atomic mass is 16.3. The molecule has 3 N–H and O–H groups in total. The third-order valence-electron chi connectivity index (χ3n) is 3.77. The Hall–Kier alpha value is -0.800. The molecule has 19 heavy (non-hydrogen) atoms. The summed E-state index contributed by atoms with van der Waals surface area (Å²) in [5.41, 5.74) is 4.34. The van der Waals surface area contributed by atoms with E-state index in [0.717, 1.165) is 37.1 Å². The zero-order chi connectivity index (χ0) is 14.1. The summed E-state index contributed by atoms with van der Waals surface area (Å²) < 4.78 is 0. The molecule has 0 aliphatic carbocycles. The lowest BCUT2D eigenvalue weighted by Gasteiger charge is -2.07. The van der Waals surface area contributed by atoms with Crippen LogP contribution >= 0.6 is 0 Å². The first-order valence-corrected chi connectivity index (χ1v) is 7.71. The monoisotopic (exact) mass is 267 g/mol. The Morgan fingerprint density at radius 2 is 1.16 bits per heavy atom. The predicted molar refractivity (Wildman–Crippen MR) is 79.1 cm³/mol. The summed E-state index contributed by atoms with van der Waals surface area (Å²) >= 11 is 0. The van der Waals surface area contributed by atoms with E-state index in [1.165, 1.54) is 36.8 Å². The van der Waals surface area contributed by atoms with Crippen LogP contribution in [-0.4, -0.2) is 15.2 Å². The fourth-order valence-electron chi connectivity index (χ4n) is 2.67. The van der Waals surface area contributed by atoms with E-state index in [0.29, 0.717) is 0 Å². The third kappa shape index (κ3) is 4.66. The van der Waals surface area contributed by atoms with Crippen molar-refractivity contribution in [3.05, 3.63) is 22.5 Å². The van der Waals surface area contributed by atoms with E-state index < -0.39 is 0 Å². The van der Waals surface area contributed by atoms with Crippen LogP contribution in [0.3, 0.4) is 0 Å². The van der Waals surface area contributed by atoms with Gasteiger partial charge in [0.25, 0.3) is 0 Å². The molecule has 0 aromatic carbocycles. The number of aromatic nitrogens is 1. The first-order valence-electron chi connectivity index (χ1n) is 7.71. The molecule has 1 rings (SSSR count). The molecule has 0 amide bonds. The number of aromatic amines is 1. The third-order valence-corrected chi connectivity index (χ3v) is 3.77. The number of nitrogens with one attached hydrogen (secondary N) is 1. The van der Waals surface area contributed by atoms with Crippen LogP contribution in [0, 0.1) is 0 Å². The minimum absolute atomic E-state index is 0.0439. The van der Waals surface area contributed by atoms with E-state index in [4.69, 9.17) is 0 Å². The summed E-state index contributed by atoms with van der Waals surface area (Å²) in [7, 11) is 0. The van der Waals surface area contributed by atoms with Crippen LogP contribution in [0.5, 0.6) is 0 Å². The SMILES string of the molecule is CCCCCc1c(CO)[nH]c(CO)c1CCCCC. The van der Waals surface area contributed by atoms with Gasteiger partial charge in [0.2, 0.25) is 0 Å². The van der Waals surface area contributed by atoms with Crippen LogP contribution in [-0.2, 0) is 26.1 Å². The molecule has 1 aromatic heterocycles. The van der Waals surface area contributed by atoms with Crippen molar-refractivity contribution < 1.29 is 10.2 Å². The molecule has 0 spiro atoms. The number of hydrogen-bond acceptors (Lipinski definition) is 2. The van der Waals surface area contributed by atoms with Gasteiger partial charge in [-0.2, -0.15) is 0 Å². The largest absolute Gasteiger partial charge is 0.390 e. The summed E-state index contributed by atoms with van der Waals surface area (Å²) in [6, 6.07) is 0. The highest BCUT2D eigenvalue weighted by molar-refractivity contribution is 5.37. The number of hydrogen-bond donors (Lipinski definition) is 3. The minimum atomic E-state index is 0.0439. The molecule has 0 radical (unpaired) electrons. The first kappa shape index (κ1) is 16.3. The Balaban J connectivity index is 2.84. The second kappa shape index (κ2) is 9.16. The Bertz CT molecular complexity index is 325. The summed E-state index contributed by atoms with van der Waals surface area (Å²) in [4.78, 5) is 3.20. The second-order valence-corrected chi connectivity index (χ2v) is 5.27. The van der Waals surface area contributed by atoms with Gasteiger partial charge in [-0.15, -0.1) is 0 Å². The van der Waals surface area contributed by atoms with Crippen LogP contribution in [0.15, 0.2) is 0 Å². The average molecular weight is 267 g/mol. The van der Waals surface area contributed by atoms with Gasteiger partial charge in [0.05, 0.1) is 13.2 Å². The standard InChI is InChI=1S/C16H29NO2/c1-3-5-7-9-13-14(10-8-6-4-2)16(12-19)17-15(13)11-18/h17-19H,3-12H2,1-2H3. The molecule has 0 unspecified atom stereocenters. The molecule has 3 heteroatoms. The summed E-state index contributed by atoms with van der Waals surface area (Å²) in [6.45, 7) is 4.49. The van der Waals surface area contributed by atoms with Gasteiger partial charge in [-0.05, 0) is 36.8 Å². The van der Waals surface area contributed by atoms with Crippen molar-refractivity contribution in [1.82, 2.24) is 4.98 Å². The Kier molecular flexibility index (Phi) is 7.84. The lowest BCUT2D eigenvalue weighted by Crippen LogP contribution is -1.98. The van der Waals surface area contributed by atoms with E-state index in [1.54, 1.807) is 0 Å². The van der Waals surface area contributed by atoms with Gasteiger partial charge in [0, 0.05) is 11.4 Å². The molecule has 0 saturated heterocycles. The second-order valence-electron chi connectivity index (χ2n) is 5.27. The van der Waals surface area contributed by atoms with Crippen molar-refractivity contribution in [2.45, 2.75) is 78.4 Å². The molecule has 0 aliphatic rings. The molecule has 0 atom stereocenters. The van der Waals surface area contributed by atoms with E-state index >= 15 is 0 Å². The minimum Gasteiger partial charge on any atom is -0.390 e. The van der Waals surface area contributed by atoms with Crippen molar-refractivity contribution in [3.63, 3.8) is 0 Å². The summed E-state index contributed by atoms with van der Waals surface area (Å²) in [6.07, 6.45) is 9.20. The summed E-state index contributed by atoms with van der Waals surface area (Å²) in [5.74, 6) is 0. The lowest BCUT2D eigenvalue weighted by atomic mass is 9.97. The molecule has 0 bridgehead atoms. The maximum atomic E-state index is 9.47.